The summed E-state index contributed by atoms with van der Waals surface area (Å²) in [5, 5.41) is 0. The molecule has 0 spiro atoms. The van der Waals surface area contributed by atoms with Gasteiger partial charge in [-0.15, -0.1) is 0 Å². The van der Waals surface area contributed by atoms with Crippen LogP contribution in [0.1, 0.15) is 106 Å². The van der Waals surface area contributed by atoms with Crippen molar-refractivity contribution in [3.63, 3.8) is 0 Å². The molecule has 2 fully saturated rings. The fraction of sp³-hybridized carbons (Fsp3) is 0.774. The van der Waals surface area contributed by atoms with Gasteiger partial charge in [0.2, 0.25) is 0 Å². The van der Waals surface area contributed by atoms with Crippen molar-refractivity contribution in [2.45, 2.75) is 112 Å². The minimum atomic E-state index is -0.115. The van der Waals surface area contributed by atoms with Crippen LogP contribution in [0.15, 0.2) is 35.5 Å². The first-order valence-electron chi connectivity index (χ1n) is 13.8. The van der Waals surface area contributed by atoms with Crippen molar-refractivity contribution in [2.75, 3.05) is 0 Å². The van der Waals surface area contributed by atoms with Crippen molar-refractivity contribution >= 4 is 5.97 Å². The lowest BCUT2D eigenvalue weighted by Crippen LogP contribution is -2.49. The normalized spacial score (nSPS) is 39.3. The highest BCUT2D eigenvalue weighted by atomic mass is 16.5. The molecule has 2 saturated carbocycles. The van der Waals surface area contributed by atoms with Gasteiger partial charge in [-0.1, -0.05) is 63.1 Å². The molecule has 8 unspecified atom stereocenters. The van der Waals surface area contributed by atoms with Crippen molar-refractivity contribution in [2.24, 2.45) is 40.4 Å². The van der Waals surface area contributed by atoms with Crippen LogP contribution in [0.2, 0.25) is 0 Å². The summed E-state index contributed by atoms with van der Waals surface area (Å²) in [7, 11) is 0. The molecule has 0 aromatic heterocycles. The number of carbonyl (C=O) groups excluding carboxylic acids is 1. The van der Waals surface area contributed by atoms with Crippen molar-refractivity contribution in [3.8, 4) is 0 Å². The van der Waals surface area contributed by atoms with Gasteiger partial charge in [0.05, 0.1) is 0 Å². The summed E-state index contributed by atoms with van der Waals surface area (Å²) in [6.45, 7) is 17.9. The molecule has 0 aromatic rings. The Morgan fingerprint density at radius 2 is 1.88 bits per heavy atom. The molecule has 0 bridgehead atoms. The van der Waals surface area contributed by atoms with Gasteiger partial charge in [-0.2, -0.15) is 0 Å². The molecule has 4 aliphatic rings. The van der Waals surface area contributed by atoms with Gasteiger partial charge in [-0.05, 0) is 112 Å². The zero-order chi connectivity index (χ0) is 24.0. The van der Waals surface area contributed by atoms with Gasteiger partial charge in [0.15, 0.2) is 0 Å². The van der Waals surface area contributed by atoms with E-state index in [1.807, 2.05) is 0 Å². The maximum absolute atomic E-state index is 11.5. The minimum absolute atomic E-state index is 0.115. The van der Waals surface area contributed by atoms with Crippen LogP contribution in [0.4, 0.5) is 0 Å². The monoisotopic (exact) mass is 452 g/mol. The van der Waals surface area contributed by atoms with Crippen molar-refractivity contribution in [1.82, 2.24) is 0 Å². The molecule has 0 amide bonds. The largest absolute Gasteiger partial charge is 0.463 e. The third-order valence-corrected chi connectivity index (χ3v) is 10.7. The topological polar surface area (TPSA) is 26.3 Å². The van der Waals surface area contributed by atoms with Crippen molar-refractivity contribution in [3.05, 3.63) is 35.5 Å². The van der Waals surface area contributed by atoms with Gasteiger partial charge in [0.25, 0.3) is 0 Å². The van der Waals surface area contributed by atoms with E-state index < -0.39 is 0 Å². The number of ether oxygens (including phenoxy) is 1. The standard InChI is InChI=1S/C31H48O2/c1-8-23(20(2)3)10-9-21(4)27-13-14-28-26-12-11-24-19-25(33-22(5)32)15-17-30(24,6)29(26)16-18-31(27,28)7/h12-13,21,23-25,28-29H,2,8-11,14-19H2,1,3-7H3. The van der Waals surface area contributed by atoms with Crippen LogP contribution in [0, 0.1) is 40.4 Å². The Labute approximate surface area is 203 Å². The predicted molar refractivity (Wildman–Crippen MR) is 138 cm³/mol. The third-order valence-electron chi connectivity index (χ3n) is 10.7. The van der Waals surface area contributed by atoms with Gasteiger partial charge in [-0.25, -0.2) is 0 Å². The van der Waals surface area contributed by atoms with Crippen LogP contribution in [0.25, 0.3) is 0 Å². The number of rotatable bonds is 7. The van der Waals surface area contributed by atoms with E-state index in [4.69, 9.17) is 4.74 Å². The minimum Gasteiger partial charge on any atom is -0.463 e. The first kappa shape index (κ1) is 24.8. The van der Waals surface area contributed by atoms with Crippen LogP contribution in [0.3, 0.4) is 0 Å². The second kappa shape index (κ2) is 9.38. The van der Waals surface area contributed by atoms with Gasteiger partial charge >= 0.3 is 5.97 Å². The molecule has 184 valence electrons. The van der Waals surface area contributed by atoms with E-state index in [1.165, 1.54) is 56.9 Å². The number of allylic oxidation sites excluding steroid dienone is 5. The number of carbonyl (C=O) groups is 1. The Hall–Kier alpha value is -1.31. The first-order valence-corrected chi connectivity index (χ1v) is 13.8. The quantitative estimate of drug-likeness (QED) is 0.286. The third kappa shape index (κ3) is 4.41. The molecule has 0 N–H and O–H groups in total. The molecule has 0 aromatic carbocycles. The number of esters is 1. The van der Waals surface area contributed by atoms with E-state index in [9.17, 15) is 4.79 Å². The molecule has 0 radical (unpaired) electrons. The highest BCUT2D eigenvalue weighted by Gasteiger charge is 2.56. The second-order valence-electron chi connectivity index (χ2n) is 12.5. The summed E-state index contributed by atoms with van der Waals surface area (Å²) in [4.78, 5) is 11.5. The highest BCUT2D eigenvalue weighted by molar-refractivity contribution is 5.66. The van der Waals surface area contributed by atoms with Crippen LogP contribution in [-0.2, 0) is 9.53 Å². The zero-order valence-corrected chi connectivity index (χ0v) is 22.2. The van der Waals surface area contributed by atoms with E-state index >= 15 is 0 Å². The number of hydrogen-bond acceptors (Lipinski definition) is 2. The molecular formula is C31H48O2. The average molecular weight is 453 g/mol. The molecule has 4 aliphatic carbocycles. The summed E-state index contributed by atoms with van der Waals surface area (Å²) in [5.74, 6) is 3.33. The van der Waals surface area contributed by atoms with Crippen molar-refractivity contribution in [1.29, 1.82) is 0 Å². The SMILES string of the molecule is C=C(C)C(CC)CCC(C)C1=CCC2C3=CCC4CC(OC(C)=O)CCC4(C)C3CCC12C. The lowest BCUT2D eigenvalue weighted by atomic mass is 9.47. The van der Waals surface area contributed by atoms with E-state index in [1.54, 1.807) is 18.1 Å². The first-order chi connectivity index (χ1) is 15.6. The van der Waals surface area contributed by atoms with Crippen LogP contribution < -0.4 is 0 Å². The Kier molecular flexibility index (Phi) is 7.05. The van der Waals surface area contributed by atoms with Gasteiger partial charge in [0, 0.05) is 6.92 Å². The second-order valence-corrected chi connectivity index (χ2v) is 12.5. The van der Waals surface area contributed by atoms with Crippen molar-refractivity contribution < 1.29 is 9.53 Å². The summed E-state index contributed by atoms with van der Waals surface area (Å²) < 4.78 is 5.64. The van der Waals surface area contributed by atoms with E-state index in [2.05, 4.69) is 53.3 Å². The van der Waals surface area contributed by atoms with Gasteiger partial charge in [0.1, 0.15) is 6.10 Å². The average Bonchev–Trinajstić information content (AvgIpc) is 3.11. The predicted octanol–water partition coefficient (Wildman–Crippen LogP) is 8.44. The lowest BCUT2D eigenvalue weighted by Gasteiger charge is -2.57. The Bertz CT molecular complexity index is 834. The smallest absolute Gasteiger partial charge is 0.302 e. The molecule has 33 heavy (non-hydrogen) atoms. The molecule has 0 saturated heterocycles. The summed E-state index contributed by atoms with van der Waals surface area (Å²) in [6.07, 6.45) is 17.6. The summed E-state index contributed by atoms with van der Waals surface area (Å²) in [5.41, 5.74) is 5.64. The maximum Gasteiger partial charge on any atom is 0.302 e. The summed E-state index contributed by atoms with van der Waals surface area (Å²) >= 11 is 0. The molecule has 2 heteroatoms. The Balaban J connectivity index is 1.47. The highest BCUT2D eigenvalue weighted by Crippen LogP contribution is 2.65. The van der Waals surface area contributed by atoms with Gasteiger partial charge < -0.3 is 4.74 Å². The van der Waals surface area contributed by atoms with Crippen LogP contribution in [-0.4, -0.2) is 12.1 Å². The Morgan fingerprint density at radius 1 is 1.12 bits per heavy atom. The van der Waals surface area contributed by atoms with Gasteiger partial charge in [-0.3, -0.25) is 4.79 Å². The molecule has 8 atom stereocenters. The lowest BCUT2D eigenvalue weighted by molar-refractivity contribution is -0.152. The van der Waals surface area contributed by atoms with Crippen LogP contribution in [0.5, 0.6) is 0 Å². The summed E-state index contributed by atoms with van der Waals surface area (Å²) in [6, 6.07) is 0. The van der Waals surface area contributed by atoms with Crippen LogP contribution >= 0.6 is 0 Å². The molecule has 0 heterocycles. The fourth-order valence-corrected chi connectivity index (χ4v) is 8.61. The van der Waals surface area contributed by atoms with E-state index in [-0.39, 0.29) is 12.1 Å². The molecule has 0 aliphatic heterocycles. The molecular weight excluding hydrogens is 404 g/mol. The van der Waals surface area contributed by atoms with E-state index in [0.717, 1.165) is 18.8 Å². The molecule has 2 nitrogen and oxygen atoms in total. The Morgan fingerprint density at radius 3 is 2.55 bits per heavy atom. The molecule has 4 rings (SSSR count). The number of hydrogen-bond donors (Lipinski definition) is 0. The fourth-order valence-electron chi connectivity index (χ4n) is 8.61. The maximum atomic E-state index is 11.5. The van der Waals surface area contributed by atoms with E-state index in [0.29, 0.717) is 34.5 Å². The number of fused-ring (bicyclic) bond motifs is 5. The zero-order valence-electron chi connectivity index (χ0n) is 22.2.